The van der Waals surface area contributed by atoms with Crippen LogP contribution in [0.15, 0.2) is 23.9 Å². The van der Waals surface area contributed by atoms with Crippen LogP contribution >= 0.6 is 0 Å². The number of carboxylic acid groups (broad SMARTS) is 1. The third-order valence-corrected chi connectivity index (χ3v) is 7.45. The first kappa shape index (κ1) is 17.3. The summed E-state index contributed by atoms with van der Waals surface area (Å²) >= 11 is 0. The molecule has 2 atom stereocenters. The van der Waals surface area contributed by atoms with Gasteiger partial charge in [-0.05, 0) is 39.0 Å². The number of sulfone groups is 1. The van der Waals surface area contributed by atoms with Crippen LogP contribution in [-0.4, -0.2) is 57.2 Å². The number of ketones is 1. The number of hydrogen-bond acceptors (Lipinski definition) is 6. The first-order valence-electron chi connectivity index (χ1n) is 7.47. The number of carboxylic acids is 1. The summed E-state index contributed by atoms with van der Waals surface area (Å²) in [5.74, 6) is -2.20. The molecule has 9 heteroatoms. The minimum Gasteiger partial charge on any atom is -0.480 e. The lowest BCUT2D eigenvalue weighted by molar-refractivity contribution is -0.152. The van der Waals surface area contributed by atoms with Gasteiger partial charge in [0, 0.05) is 11.8 Å². The van der Waals surface area contributed by atoms with Gasteiger partial charge in [-0.2, -0.15) is 0 Å². The molecule has 2 saturated heterocycles. The maximum absolute atomic E-state index is 12.7. The maximum Gasteiger partial charge on any atom is 0.328 e. The normalized spacial score (nSPS) is 27.7. The van der Waals surface area contributed by atoms with Crippen molar-refractivity contribution < 1.29 is 27.9 Å². The number of hydrogen-bond donors (Lipinski definition) is 1. The molecule has 3 rings (SSSR count). The van der Waals surface area contributed by atoms with Crippen LogP contribution in [0.25, 0.3) is 6.08 Å². The summed E-state index contributed by atoms with van der Waals surface area (Å²) in [7, 11) is -3.93. The van der Waals surface area contributed by atoms with Gasteiger partial charge in [-0.15, -0.1) is 0 Å². The van der Waals surface area contributed by atoms with Crippen LogP contribution < -0.4 is 0 Å². The maximum atomic E-state index is 12.7. The molecule has 1 N–H and O–H groups in total. The average Bonchev–Trinajstić information content (AvgIpc) is 2.66. The smallest absolute Gasteiger partial charge is 0.328 e. The minimum atomic E-state index is -3.93. The molecule has 1 amide bonds. The second-order valence-corrected chi connectivity index (χ2v) is 9.17. The quantitative estimate of drug-likeness (QED) is 0.471. The number of carbonyl (C=O) groups excluding carboxylic acids is 2. The Labute approximate surface area is 144 Å². The van der Waals surface area contributed by atoms with E-state index >= 15 is 0 Å². The number of pyridine rings is 1. The van der Waals surface area contributed by atoms with E-state index in [9.17, 15) is 27.9 Å². The van der Waals surface area contributed by atoms with Crippen LogP contribution in [0.3, 0.4) is 0 Å². The van der Waals surface area contributed by atoms with Crippen molar-refractivity contribution in [2.75, 3.05) is 0 Å². The number of amides is 1. The van der Waals surface area contributed by atoms with E-state index in [2.05, 4.69) is 4.98 Å². The molecule has 1 aromatic heterocycles. The summed E-state index contributed by atoms with van der Waals surface area (Å²) in [6.45, 7) is 3.99. The molecular weight excluding hydrogens is 348 g/mol. The number of rotatable bonds is 3. The number of aliphatic carboxylic acids is 1. The molecule has 0 saturated carbocycles. The topological polar surface area (TPSA) is 122 Å². The highest BCUT2D eigenvalue weighted by Gasteiger charge is 2.70. The van der Waals surface area contributed by atoms with Crippen molar-refractivity contribution in [3.63, 3.8) is 0 Å². The Hall–Kier alpha value is -2.55. The molecule has 0 spiro atoms. The molecule has 0 aliphatic carbocycles. The molecule has 2 fully saturated rings. The van der Waals surface area contributed by atoms with E-state index in [0.29, 0.717) is 5.56 Å². The van der Waals surface area contributed by atoms with Crippen molar-refractivity contribution in [3.05, 3.63) is 35.2 Å². The van der Waals surface area contributed by atoms with E-state index in [1.54, 1.807) is 0 Å². The SMILES string of the molecule is CC(=O)c1ccnc(/C=C2/C(=O)N3[C@@H](C(=O)O)C(C)(C)S(=O)(=O)[C@@H]23)c1. The van der Waals surface area contributed by atoms with E-state index in [1.807, 2.05) is 0 Å². The molecular formula is C16H16N2O6S. The fourth-order valence-corrected chi connectivity index (χ4v) is 5.37. The van der Waals surface area contributed by atoms with Gasteiger partial charge in [-0.1, -0.05) is 0 Å². The van der Waals surface area contributed by atoms with Crippen molar-refractivity contribution in [1.82, 2.24) is 9.88 Å². The number of carbonyl (C=O) groups is 3. The Balaban J connectivity index is 2.08. The fourth-order valence-electron chi connectivity index (χ4n) is 3.25. The summed E-state index contributed by atoms with van der Waals surface area (Å²) in [5, 5.41) is 8.06. The van der Waals surface area contributed by atoms with Crippen LogP contribution in [0.4, 0.5) is 0 Å². The van der Waals surface area contributed by atoms with E-state index < -0.39 is 37.9 Å². The second kappa shape index (κ2) is 5.22. The highest BCUT2D eigenvalue weighted by molar-refractivity contribution is 7.94. The zero-order valence-corrected chi connectivity index (χ0v) is 14.6. The zero-order valence-electron chi connectivity index (χ0n) is 13.8. The first-order valence-corrected chi connectivity index (χ1v) is 9.02. The predicted octanol–water partition coefficient (Wildman–Crippen LogP) is 0.496. The van der Waals surface area contributed by atoms with E-state index in [1.165, 1.54) is 45.2 Å². The lowest BCUT2D eigenvalue weighted by Crippen LogP contribution is -2.58. The van der Waals surface area contributed by atoms with E-state index in [-0.39, 0.29) is 17.1 Å². The Morgan fingerprint density at radius 1 is 1.36 bits per heavy atom. The number of nitrogens with zero attached hydrogens (tertiary/aromatic N) is 2. The van der Waals surface area contributed by atoms with Crippen LogP contribution in [0, 0.1) is 0 Å². The molecule has 0 bridgehead atoms. The zero-order chi connectivity index (χ0) is 18.7. The Bertz CT molecular complexity index is 947. The van der Waals surface area contributed by atoms with Gasteiger partial charge < -0.3 is 10.0 Å². The molecule has 3 heterocycles. The number of Topliss-reactive ketones (excluding diaryl/α,β-unsaturated/α-hetero) is 1. The van der Waals surface area contributed by atoms with Crippen molar-refractivity contribution in [2.45, 2.75) is 36.9 Å². The van der Waals surface area contributed by atoms with Gasteiger partial charge in [0.1, 0.15) is 4.75 Å². The standard InChI is InChI=1S/C16H16N2O6S/c1-8(19)9-4-5-17-10(6-9)7-11-13(20)18-12(15(21)22)16(2,3)25(23,24)14(11)18/h4-7,12,14H,1-3H3,(H,21,22)/b11-7-/t12-,14-/m0/s1. The van der Waals surface area contributed by atoms with Crippen molar-refractivity contribution in [1.29, 1.82) is 0 Å². The van der Waals surface area contributed by atoms with Gasteiger partial charge in [0.2, 0.25) is 0 Å². The number of β-lactam (4-membered cyclic amide) rings is 1. The fraction of sp³-hybridized carbons (Fsp3) is 0.375. The third-order valence-electron chi connectivity index (χ3n) is 4.69. The average molecular weight is 364 g/mol. The van der Waals surface area contributed by atoms with Gasteiger partial charge in [-0.3, -0.25) is 14.6 Å². The Morgan fingerprint density at radius 2 is 2.00 bits per heavy atom. The molecule has 1 aromatic rings. The summed E-state index contributed by atoms with van der Waals surface area (Å²) in [6, 6.07) is 1.52. The molecule has 2 aliphatic heterocycles. The summed E-state index contributed by atoms with van der Waals surface area (Å²) in [4.78, 5) is 40.2. The highest BCUT2D eigenvalue weighted by atomic mass is 32.2. The Kier molecular flexibility index (Phi) is 3.61. The van der Waals surface area contributed by atoms with Gasteiger partial charge in [-0.25, -0.2) is 13.2 Å². The molecule has 8 nitrogen and oxygen atoms in total. The van der Waals surface area contributed by atoms with Crippen molar-refractivity contribution >= 4 is 33.6 Å². The van der Waals surface area contributed by atoms with Crippen molar-refractivity contribution in [3.8, 4) is 0 Å². The number of aromatic nitrogens is 1. The minimum absolute atomic E-state index is 0.0370. The molecule has 0 radical (unpaired) electrons. The van der Waals surface area contributed by atoms with E-state index in [4.69, 9.17) is 0 Å². The van der Waals surface area contributed by atoms with Gasteiger partial charge in [0.25, 0.3) is 5.91 Å². The summed E-state index contributed by atoms with van der Waals surface area (Å²) < 4.78 is 23.9. The highest BCUT2D eigenvalue weighted by Crippen LogP contribution is 2.48. The number of fused-ring (bicyclic) bond motifs is 1. The first-order chi connectivity index (χ1) is 11.5. The van der Waals surface area contributed by atoms with Crippen molar-refractivity contribution in [2.24, 2.45) is 0 Å². The molecule has 25 heavy (non-hydrogen) atoms. The van der Waals surface area contributed by atoms with Crippen LogP contribution in [0.2, 0.25) is 0 Å². The van der Waals surface area contributed by atoms with Crippen LogP contribution in [-0.2, 0) is 19.4 Å². The molecule has 2 aliphatic rings. The molecule has 132 valence electrons. The Morgan fingerprint density at radius 3 is 2.56 bits per heavy atom. The predicted molar refractivity (Wildman–Crippen MR) is 87.3 cm³/mol. The monoisotopic (exact) mass is 364 g/mol. The van der Waals surface area contributed by atoms with Gasteiger partial charge in [0.15, 0.2) is 27.0 Å². The lowest BCUT2D eigenvalue weighted by atomic mass is 9.95. The molecule has 0 unspecified atom stereocenters. The van der Waals surface area contributed by atoms with Gasteiger partial charge in [0.05, 0.1) is 11.3 Å². The lowest BCUT2D eigenvalue weighted by Gasteiger charge is -2.37. The van der Waals surface area contributed by atoms with Gasteiger partial charge >= 0.3 is 5.97 Å². The largest absolute Gasteiger partial charge is 0.480 e. The molecule has 0 aromatic carbocycles. The van der Waals surface area contributed by atoms with Crippen LogP contribution in [0.1, 0.15) is 36.8 Å². The summed E-state index contributed by atoms with van der Waals surface area (Å²) in [6.07, 6.45) is 2.69. The van der Waals surface area contributed by atoms with E-state index in [0.717, 1.165) is 4.90 Å². The summed E-state index contributed by atoms with van der Waals surface area (Å²) in [5.41, 5.74) is 0.607. The van der Waals surface area contributed by atoms with Crippen LogP contribution in [0.5, 0.6) is 0 Å². The third kappa shape index (κ3) is 2.22. The second-order valence-electron chi connectivity index (χ2n) is 6.58.